The predicted octanol–water partition coefficient (Wildman–Crippen LogP) is 3.71. The van der Waals surface area contributed by atoms with Gasteiger partial charge in [-0.25, -0.2) is 0 Å². The number of hydrogen-bond acceptors (Lipinski definition) is 5. The van der Waals surface area contributed by atoms with E-state index < -0.39 is 0 Å². The van der Waals surface area contributed by atoms with Crippen LogP contribution in [0.1, 0.15) is 19.4 Å². The molecule has 0 saturated heterocycles. The summed E-state index contributed by atoms with van der Waals surface area (Å²) in [6.45, 7) is 3.82. The second kappa shape index (κ2) is 10.0. The fraction of sp³-hybridized carbons (Fsp3) is 0.238. The molecule has 0 aliphatic heterocycles. The van der Waals surface area contributed by atoms with Crippen molar-refractivity contribution in [3.8, 4) is 17.2 Å². The Morgan fingerprint density at radius 3 is 2.39 bits per heavy atom. The fourth-order valence-electron chi connectivity index (χ4n) is 2.46. The fourth-order valence-corrected chi connectivity index (χ4v) is 2.46. The zero-order valence-corrected chi connectivity index (χ0v) is 16.4. The van der Waals surface area contributed by atoms with Crippen LogP contribution in [0.2, 0.25) is 0 Å². The maximum absolute atomic E-state index is 12.3. The molecule has 0 fully saturated rings. The maximum Gasteiger partial charge on any atom is 0.248 e. The van der Waals surface area contributed by atoms with Crippen LogP contribution in [0.15, 0.2) is 42.5 Å². The summed E-state index contributed by atoms with van der Waals surface area (Å²) in [7, 11) is 3.09. The monoisotopic (exact) mass is 384 g/mol. The van der Waals surface area contributed by atoms with Crippen molar-refractivity contribution in [1.29, 1.82) is 0 Å². The van der Waals surface area contributed by atoms with Gasteiger partial charge in [0.1, 0.15) is 5.75 Å². The van der Waals surface area contributed by atoms with E-state index in [1.807, 2.05) is 13.0 Å². The van der Waals surface area contributed by atoms with Gasteiger partial charge in [-0.05, 0) is 42.8 Å². The summed E-state index contributed by atoms with van der Waals surface area (Å²) in [5, 5.41) is 5.42. The first-order valence-electron chi connectivity index (χ1n) is 8.72. The largest absolute Gasteiger partial charge is 0.497 e. The van der Waals surface area contributed by atoms with Gasteiger partial charge in [-0.3, -0.25) is 9.59 Å². The van der Waals surface area contributed by atoms with Crippen molar-refractivity contribution in [1.82, 2.24) is 0 Å². The molecular weight excluding hydrogens is 360 g/mol. The number of nitrogens with one attached hydrogen (secondary N) is 2. The Balaban J connectivity index is 2.16. The van der Waals surface area contributed by atoms with E-state index in [0.29, 0.717) is 35.2 Å². The van der Waals surface area contributed by atoms with Crippen LogP contribution in [-0.2, 0) is 9.59 Å². The Kier molecular flexibility index (Phi) is 7.45. The third kappa shape index (κ3) is 5.77. The van der Waals surface area contributed by atoms with Gasteiger partial charge in [0.25, 0.3) is 0 Å². The summed E-state index contributed by atoms with van der Waals surface area (Å²) in [5.41, 5.74) is 1.70. The van der Waals surface area contributed by atoms with E-state index in [4.69, 9.17) is 14.2 Å². The SMILES string of the molecule is CCOc1ccc(C=CC(=O)Nc2cc(OC)ccc2NC(C)=O)cc1OC. The van der Waals surface area contributed by atoms with E-state index in [9.17, 15) is 9.59 Å². The Hall–Kier alpha value is -3.48. The molecule has 148 valence electrons. The molecule has 0 heterocycles. The van der Waals surface area contributed by atoms with Gasteiger partial charge in [0.05, 0.1) is 32.2 Å². The Morgan fingerprint density at radius 1 is 0.964 bits per heavy atom. The van der Waals surface area contributed by atoms with Gasteiger partial charge in [-0.1, -0.05) is 6.07 Å². The predicted molar refractivity (Wildman–Crippen MR) is 109 cm³/mol. The molecule has 0 atom stereocenters. The number of hydrogen-bond donors (Lipinski definition) is 2. The van der Waals surface area contributed by atoms with E-state index >= 15 is 0 Å². The van der Waals surface area contributed by atoms with Crippen molar-refractivity contribution in [2.45, 2.75) is 13.8 Å². The highest BCUT2D eigenvalue weighted by Crippen LogP contribution is 2.29. The quantitative estimate of drug-likeness (QED) is 0.678. The highest BCUT2D eigenvalue weighted by molar-refractivity contribution is 6.05. The molecule has 2 rings (SSSR count). The Morgan fingerprint density at radius 2 is 1.75 bits per heavy atom. The molecule has 0 spiro atoms. The number of amides is 2. The number of benzene rings is 2. The maximum atomic E-state index is 12.3. The lowest BCUT2D eigenvalue weighted by Crippen LogP contribution is -2.13. The average Bonchev–Trinajstić information content (AvgIpc) is 2.68. The third-order valence-corrected chi connectivity index (χ3v) is 3.71. The summed E-state index contributed by atoms with van der Waals surface area (Å²) in [6, 6.07) is 10.4. The molecule has 0 radical (unpaired) electrons. The first-order valence-corrected chi connectivity index (χ1v) is 8.72. The number of anilines is 2. The third-order valence-electron chi connectivity index (χ3n) is 3.71. The normalized spacial score (nSPS) is 10.4. The minimum Gasteiger partial charge on any atom is -0.497 e. The van der Waals surface area contributed by atoms with Crippen LogP contribution in [0.4, 0.5) is 11.4 Å². The minimum atomic E-state index is -0.354. The van der Waals surface area contributed by atoms with Crippen molar-refractivity contribution in [3.63, 3.8) is 0 Å². The Labute approximate surface area is 164 Å². The smallest absolute Gasteiger partial charge is 0.248 e. The molecule has 0 unspecified atom stereocenters. The van der Waals surface area contributed by atoms with E-state index in [1.165, 1.54) is 20.1 Å². The lowest BCUT2D eigenvalue weighted by molar-refractivity contribution is -0.114. The van der Waals surface area contributed by atoms with E-state index in [0.717, 1.165) is 5.56 Å². The molecule has 2 N–H and O–H groups in total. The molecule has 0 bridgehead atoms. The topological polar surface area (TPSA) is 85.9 Å². The first-order chi connectivity index (χ1) is 13.5. The zero-order valence-electron chi connectivity index (χ0n) is 16.4. The van der Waals surface area contributed by atoms with Gasteiger partial charge in [0.15, 0.2) is 11.5 Å². The zero-order chi connectivity index (χ0) is 20.5. The standard InChI is InChI=1S/C21H24N2O5/c1-5-28-19-10-6-15(12-20(19)27-4)7-11-21(25)23-18-13-16(26-3)8-9-17(18)22-14(2)24/h6-13H,5H2,1-4H3,(H,22,24)(H,23,25). The number of rotatable bonds is 8. The van der Waals surface area contributed by atoms with Gasteiger partial charge < -0.3 is 24.8 Å². The molecule has 2 amide bonds. The van der Waals surface area contributed by atoms with Gasteiger partial charge in [-0.15, -0.1) is 0 Å². The minimum absolute atomic E-state index is 0.238. The number of methoxy groups -OCH3 is 2. The average molecular weight is 384 g/mol. The van der Waals surface area contributed by atoms with Crippen molar-refractivity contribution in [3.05, 3.63) is 48.0 Å². The van der Waals surface area contributed by atoms with Crippen LogP contribution in [-0.4, -0.2) is 32.6 Å². The Bertz CT molecular complexity index is 877. The van der Waals surface area contributed by atoms with Crippen LogP contribution >= 0.6 is 0 Å². The highest BCUT2D eigenvalue weighted by atomic mass is 16.5. The van der Waals surface area contributed by atoms with Crippen molar-refractivity contribution < 1.29 is 23.8 Å². The van der Waals surface area contributed by atoms with Gasteiger partial charge in [0.2, 0.25) is 11.8 Å². The summed E-state index contributed by atoms with van der Waals surface area (Å²) in [5.74, 6) is 1.20. The van der Waals surface area contributed by atoms with Crippen LogP contribution in [0.3, 0.4) is 0 Å². The van der Waals surface area contributed by atoms with Crippen molar-refractivity contribution in [2.75, 3.05) is 31.5 Å². The van der Waals surface area contributed by atoms with Crippen LogP contribution < -0.4 is 24.8 Å². The molecule has 28 heavy (non-hydrogen) atoms. The van der Waals surface area contributed by atoms with E-state index in [1.54, 1.807) is 43.5 Å². The summed E-state index contributed by atoms with van der Waals surface area (Å²) >= 11 is 0. The molecule has 7 heteroatoms. The van der Waals surface area contributed by atoms with Gasteiger partial charge >= 0.3 is 0 Å². The lowest BCUT2D eigenvalue weighted by Gasteiger charge is -2.12. The second-order valence-corrected chi connectivity index (χ2v) is 5.76. The van der Waals surface area contributed by atoms with E-state index in [-0.39, 0.29) is 11.8 Å². The van der Waals surface area contributed by atoms with E-state index in [2.05, 4.69) is 10.6 Å². The molecule has 2 aromatic carbocycles. The highest BCUT2D eigenvalue weighted by Gasteiger charge is 2.09. The summed E-state index contributed by atoms with van der Waals surface area (Å²) in [6.07, 6.45) is 3.05. The summed E-state index contributed by atoms with van der Waals surface area (Å²) in [4.78, 5) is 23.7. The second-order valence-electron chi connectivity index (χ2n) is 5.76. The number of carbonyl (C=O) groups excluding carboxylic acids is 2. The molecule has 0 saturated carbocycles. The molecule has 0 aromatic heterocycles. The van der Waals surface area contributed by atoms with Gasteiger partial charge in [-0.2, -0.15) is 0 Å². The summed E-state index contributed by atoms with van der Waals surface area (Å²) < 4.78 is 16.0. The van der Waals surface area contributed by atoms with Crippen LogP contribution in [0.5, 0.6) is 17.2 Å². The van der Waals surface area contributed by atoms with Crippen molar-refractivity contribution >= 4 is 29.3 Å². The molecular formula is C21H24N2O5. The first kappa shape index (κ1) is 20.8. The van der Waals surface area contributed by atoms with Crippen molar-refractivity contribution in [2.24, 2.45) is 0 Å². The lowest BCUT2D eigenvalue weighted by atomic mass is 10.2. The molecule has 7 nitrogen and oxygen atoms in total. The molecule has 2 aromatic rings. The molecule has 0 aliphatic carbocycles. The van der Waals surface area contributed by atoms with Crippen LogP contribution in [0.25, 0.3) is 6.08 Å². The number of carbonyl (C=O) groups is 2. The number of ether oxygens (including phenoxy) is 3. The van der Waals surface area contributed by atoms with Crippen LogP contribution in [0, 0.1) is 0 Å². The molecule has 0 aliphatic rings. The van der Waals surface area contributed by atoms with Gasteiger partial charge in [0, 0.05) is 19.1 Å².